The summed E-state index contributed by atoms with van der Waals surface area (Å²) in [5, 5.41) is 2.49. The predicted octanol–water partition coefficient (Wildman–Crippen LogP) is 14.9. The van der Waals surface area contributed by atoms with Crippen molar-refractivity contribution in [3.8, 4) is 33.4 Å². The number of hydrogen-bond acceptors (Lipinski definition) is 1. The highest BCUT2D eigenvalue weighted by atomic mass is 15.1. The molecule has 0 N–H and O–H groups in total. The van der Waals surface area contributed by atoms with Crippen LogP contribution in [0.25, 0.3) is 44.2 Å². The fourth-order valence-electron chi connectivity index (χ4n) is 10.1. The number of rotatable bonds is 6. The van der Waals surface area contributed by atoms with Gasteiger partial charge in [0.15, 0.2) is 0 Å². The van der Waals surface area contributed by atoms with E-state index in [0.717, 1.165) is 11.4 Å². The van der Waals surface area contributed by atoms with Gasteiger partial charge in [-0.3, -0.25) is 0 Å². The van der Waals surface area contributed by atoms with E-state index in [4.69, 9.17) is 0 Å². The number of hydrogen-bond donors (Lipinski definition) is 0. The van der Waals surface area contributed by atoms with Crippen molar-refractivity contribution in [3.05, 3.63) is 209 Å². The van der Waals surface area contributed by atoms with Crippen LogP contribution in [0.4, 0.5) is 17.1 Å². The van der Waals surface area contributed by atoms with E-state index in [0.29, 0.717) is 0 Å². The number of fused-ring (bicyclic) bond motifs is 7. The van der Waals surface area contributed by atoms with Crippen molar-refractivity contribution < 1.29 is 0 Å². The lowest BCUT2D eigenvalue weighted by molar-refractivity contribution is 0.641. The van der Waals surface area contributed by atoms with E-state index in [1.807, 2.05) is 0 Å². The Morgan fingerprint density at radius 1 is 0.411 bits per heavy atom. The molecular formula is C55H47N. The quantitative estimate of drug-likeness (QED) is 0.165. The van der Waals surface area contributed by atoms with Crippen LogP contribution in [0.2, 0.25) is 0 Å². The molecular weight excluding hydrogens is 675 g/mol. The summed E-state index contributed by atoms with van der Waals surface area (Å²) in [5.74, 6) is 0. The van der Waals surface area contributed by atoms with Gasteiger partial charge in [-0.15, -0.1) is 0 Å². The Balaban J connectivity index is 1.24. The Kier molecular flexibility index (Phi) is 7.61. The maximum absolute atomic E-state index is 2.52. The molecule has 10 rings (SSSR count). The SMILES string of the molecule is CC(C)(c1ccccc1)c1ccc(N(c2ccc3c(c2)-c2ccccc2C3(C)C)c2ccc3ccccc3c2-c2cccc3c2C(C)(C)c2ccccc2-3)cc1. The van der Waals surface area contributed by atoms with Crippen LogP contribution in [0.15, 0.2) is 176 Å². The molecule has 0 bridgehead atoms. The minimum absolute atomic E-state index is 0.0702. The standard InChI is InChI=1S/C55H47N/c1-53(2,37-18-8-7-9-19-37)38-28-30-39(31-29-38)56(40-32-33-49-46(35-40)43-22-13-14-25-47(43)54(49,3)4)50-34-27-36-17-10-11-20-41(36)51(50)45-24-16-23-44-42-21-12-15-26-48(42)55(5,6)52(44)45/h7-35H,1-6H3. The fourth-order valence-corrected chi connectivity index (χ4v) is 10.1. The van der Waals surface area contributed by atoms with Gasteiger partial charge in [0.25, 0.3) is 0 Å². The molecule has 0 atom stereocenters. The van der Waals surface area contributed by atoms with Crippen LogP contribution in [0.1, 0.15) is 74.9 Å². The van der Waals surface area contributed by atoms with Crippen LogP contribution < -0.4 is 4.90 Å². The third-order valence-corrected chi connectivity index (χ3v) is 13.2. The molecule has 0 heterocycles. The molecule has 8 aromatic carbocycles. The molecule has 0 aromatic heterocycles. The lowest BCUT2D eigenvalue weighted by atomic mass is 9.77. The van der Waals surface area contributed by atoms with E-state index in [9.17, 15) is 0 Å². The average Bonchev–Trinajstić information content (AvgIpc) is 3.61. The average molecular weight is 722 g/mol. The molecule has 0 saturated carbocycles. The normalized spacial score (nSPS) is 14.5. The number of nitrogens with zero attached hydrogens (tertiary/aromatic N) is 1. The van der Waals surface area contributed by atoms with E-state index >= 15 is 0 Å². The molecule has 0 aliphatic heterocycles. The van der Waals surface area contributed by atoms with E-state index < -0.39 is 0 Å². The topological polar surface area (TPSA) is 3.24 Å². The summed E-state index contributed by atoms with van der Waals surface area (Å²) in [5.41, 5.74) is 19.1. The Bertz CT molecular complexity index is 2820. The monoisotopic (exact) mass is 721 g/mol. The lowest BCUT2D eigenvalue weighted by Crippen LogP contribution is -2.19. The van der Waals surface area contributed by atoms with Crippen LogP contribution >= 0.6 is 0 Å². The molecule has 0 spiro atoms. The van der Waals surface area contributed by atoms with Gasteiger partial charge in [0.2, 0.25) is 0 Å². The summed E-state index contributed by atoms with van der Waals surface area (Å²) in [6.07, 6.45) is 0. The van der Waals surface area contributed by atoms with Gasteiger partial charge in [-0.25, -0.2) is 0 Å². The second-order valence-corrected chi connectivity index (χ2v) is 17.4. The van der Waals surface area contributed by atoms with E-state index in [2.05, 4.69) is 222 Å². The highest BCUT2D eigenvalue weighted by Gasteiger charge is 2.39. The third kappa shape index (κ3) is 5.00. The molecule has 1 heteroatoms. The van der Waals surface area contributed by atoms with E-state index in [1.165, 1.54) is 83.2 Å². The number of benzene rings is 8. The van der Waals surface area contributed by atoms with Gasteiger partial charge >= 0.3 is 0 Å². The first-order valence-corrected chi connectivity index (χ1v) is 20.0. The van der Waals surface area contributed by atoms with E-state index in [-0.39, 0.29) is 16.2 Å². The molecule has 272 valence electrons. The zero-order chi connectivity index (χ0) is 38.4. The molecule has 0 fully saturated rings. The smallest absolute Gasteiger partial charge is 0.0546 e. The van der Waals surface area contributed by atoms with Crippen LogP contribution in [-0.2, 0) is 16.2 Å². The third-order valence-electron chi connectivity index (χ3n) is 13.2. The first kappa shape index (κ1) is 34.3. The van der Waals surface area contributed by atoms with Crippen LogP contribution in [0.5, 0.6) is 0 Å². The molecule has 56 heavy (non-hydrogen) atoms. The minimum atomic E-state index is -0.172. The van der Waals surface area contributed by atoms with Gasteiger partial charge in [-0.05, 0) is 102 Å². The molecule has 0 amide bonds. The van der Waals surface area contributed by atoms with Crippen molar-refractivity contribution in [1.82, 2.24) is 0 Å². The van der Waals surface area contributed by atoms with Crippen molar-refractivity contribution in [3.63, 3.8) is 0 Å². The maximum Gasteiger partial charge on any atom is 0.0546 e. The Hall–Kier alpha value is -6.18. The first-order chi connectivity index (χ1) is 27.1. The van der Waals surface area contributed by atoms with Gasteiger partial charge in [-0.1, -0.05) is 187 Å². The van der Waals surface area contributed by atoms with E-state index in [1.54, 1.807) is 0 Å². The highest BCUT2D eigenvalue weighted by Crippen LogP contribution is 2.56. The van der Waals surface area contributed by atoms with Crippen molar-refractivity contribution in [1.29, 1.82) is 0 Å². The second-order valence-electron chi connectivity index (χ2n) is 17.4. The van der Waals surface area contributed by atoms with Crippen molar-refractivity contribution in [2.24, 2.45) is 0 Å². The second kappa shape index (κ2) is 12.4. The molecule has 2 aliphatic carbocycles. The van der Waals surface area contributed by atoms with Gasteiger partial charge in [0.1, 0.15) is 0 Å². The van der Waals surface area contributed by atoms with Gasteiger partial charge in [0.05, 0.1) is 5.69 Å². The van der Waals surface area contributed by atoms with Gasteiger partial charge < -0.3 is 4.90 Å². The molecule has 2 aliphatic rings. The van der Waals surface area contributed by atoms with Gasteiger partial charge in [0, 0.05) is 33.2 Å². The summed E-state index contributed by atoms with van der Waals surface area (Å²) < 4.78 is 0. The van der Waals surface area contributed by atoms with Crippen LogP contribution in [0.3, 0.4) is 0 Å². The lowest BCUT2D eigenvalue weighted by Gasteiger charge is -2.32. The summed E-state index contributed by atoms with van der Waals surface area (Å²) >= 11 is 0. The van der Waals surface area contributed by atoms with Gasteiger partial charge in [-0.2, -0.15) is 0 Å². The zero-order valence-corrected chi connectivity index (χ0v) is 33.2. The molecule has 1 nitrogen and oxygen atoms in total. The maximum atomic E-state index is 2.52. The Morgan fingerprint density at radius 2 is 0.964 bits per heavy atom. The van der Waals surface area contributed by atoms with Crippen molar-refractivity contribution in [2.75, 3.05) is 4.90 Å². The van der Waals surface area contributed by atoms with Crippen LogP contribution in [-0.4, -0.2) is 0 Å². The summed E-state index contributed by atoms with van der Waals surface area (Å²) in [7, 11) is 0. The fraction of sp³-hybridized carbons (Fsp3) is 0.164. The number of anilines is 3. The predicted molar refractivity (Wildman–Crippen MR) is 238 cm³/mol. The highest BCUT2D eigenvalue weighted by molar-refractivity contribution is 6.08. The minimum Gasteiger partial charge on any atom is -0.310 e. The molecule has 0 unspecified atom stereocenters. The summed E-state index contributed by atoms with van der Waals surface area (Å²) in [6.45, 7) is 14.2. The zero-order valence-electron chi connectivity index (χ0n) is 33.2. The Labute approximate surface area is 331 Å². The molecule has 0 radical (unpaired) electrons. The first-order valence-electron chi connectivity index (χ1n) is 20.0. The summed E-state index contributed by atoms with van der Waals surface area (Å²) in [6, 6.07) is 65.8. The van der Waals surface area contributed by atoms with Crippen molar-refractivity contribution >= 4 is 27.8 Å². The molecule has 8 aromatic rings. The Morgan fingerprint density at radius 3 is 1.71 bits per heavy atom. The summed E-state index contributed by atoms with van der Waals surface area (Å²) in [4.78, 5) is 2.52. The molecule has 0 saturated heterocycles. The van der Waals surface area contributed by atoms with Crippen LogP contribution in [0, 0.1) is 0 Å². The van der Waals surface area contributed by atoms with Crippen molar-refractivity contribution in [2.45, 2.75) is 57.8 Å². The largest absolute Gasteiger partial charge is 0.310 e.